The van der Waals surface area contributed by atoms with Gasteiger partial charge in [0.25, 0.3) is 0 Å². The molecule has 0 aromatic heterocycles. The lowest BCUT2D eigenvalue weighted by molar-refractivity contribution is -0.153. The van der Waals surface area contributed by atoms with Gasteiger partial charge in [0.1, 0.15) is 11.8 Å². The molecule has 0 radical (unpaired) electrons. The van der Waals surface area contributed by atoms with Crippen LogP contribution < -0.4 is 20.1 Å². The quantitative estimate of drug-likeness (QED) is 0.395. The molecule has 0 saturated carbocycles. The number of halogens is 1. The number of nitrogens with zero attached hydrogens (tertiary/aromatic N) is 1. The van der Waals surface area contributed by atoms with Gasteiger partial charge in [-0.05, 0) is 42.7 Å². The number of hydrogen-bond acceptors (Lipinski definition) is 6. The number of carbonyl (C=O) groups is 2. The summed E-state index contributed by atoms with van der Waals surface area (Å²) in [6, 6.07) is 11.9. The van der Waals surface area contributed by atoms with Crippen LogP contribution in [0.4, 0.5) is 15.8 Å². The van der Waals surface area contributed by atoms with E-state index < -0.39 is 34.3 Å². The predicted molar refractivity (Wildman–Crippen MR) is 123 cm³/mol. The van der Waals surface area contributed by atoms with Crippen LogP contribution in [0.3, 0.4) is 0 Å². The van der Waals surface area contributed by atoms with E-state index >= 15 is 0 Å². The minimum Gasteiger partial charge on any atom is -0.476 e. The molecule has 33 heavy (non-hydrogen) atoms. The van der Waals surface area contributed by atoms with Crippen molar-refractivity contribution in [1.82, 2.24) is 4.72 Å². The van der Waals surface area contributed by atoms with Crippen LogP contribution in [0.25, 0.3) is 0 Å². The maximum atomic E-state index is 13.4. The third kappa shape index (κ3) is 8.03. The Bertz CT molecular complexity index is 1070. The number of anilines is 2. The number of unbranched alkanes of at least 4 members (excludes halogenated alkanes) is 1. The van der Waals surface area contributed by atoms with Gasteiger partial charge in [-0.2, -0.15) is 4.39 Å². The minimum atomic E-state index is -3.74. The minimum absolute atomic E-state index is 0.0379. The Morgan fingerprint density at radius 3 is 2.42 bits per heavy atom. The maximum absolute atomic E-state index is 13.4. The third-order valence-corrected chi connectivity index (χ3v) is 5.37. The normalized spacial score (nSPS) is 13.2. The van der Waals surface area contributed by atoms with Crippen molar-refractivity contribution >= 4 is 33.3 Å². The molecule has 2 unspecified atom stereocenters. The highest BCUT2D eigenvalue weighted by molar-refractivity contribution is 7.88. The second-order valence-electron chi connectivity index (χ2n) is 7.47. The second-order valence-corrected chi connectivity index (χ2v) is 9.25. The predicted octanol–water partition coefficient (Wildman–Crippen LogP) is 2.32. The van der Waals surface area contributed by atoms with Gasteiger partial charge < -0.3 is 20.5 Å². The number of carboxylic acids is 1. The molecule has 2 rings (SSSR count). The van der Waals surface area contributed by atoms with Gasteiger partial charge in [-0.25, -0.2) is 17.9 Å². The first-order chi connectivity index (χ1) is 15.5. The molecule has 0 aliphatic heterocycles. The molecule has 2 aromatic carbocycles. The number of ether oxygens (including phenoxy) is 1. The van der Waals surface area contributed by atoms with E-state index in [0.29, 0.717) is 17.8 Å². The van der Waals surface area contributed by atoms with Crippen LogP contribution >= 0.6 is 0 Å². The summed E-state index contributed by atoms with van der Waals surface area (Å²) in [5.41, 5.74) is 6.92. The van der Waals surface area contributed by atoms with Crippen molar-refractivity contribution in [2.24, 2.45) is 0 Å². The van der Waals surface area contributed by atoms with Crippen molar-refractivity contribution < 1.29 is 32.2 Å². The van der Waals surface area contributed by atoms with Gasteiger partial charge in [0, 0.05) is 12.2 Å². The van der Waals surface area contributed by atoms with E-state index in [1.807, 2.05) is 13.0 Å². The molecule has 0 aliphatic carbocycles. The number of rotatable bonds is 12. The van der Waals surface area contributed by atoms with Crippen LogP contribution in [0, 0.1) is 0 Å². The molecule has 2 atom stereocenters. The summed E-state index contributed by atoms with van der Waals surface area (Å²) in [4.78, 5) is 25.6. The summed E-state index contributed by atoms with van der Waals surface area (Å²) >= 11 is 0. The average Bonchev–Trinajstić information content (AvgIpc) is 2.75. The first-order valence-corrected chi connectivity index (χ1v) is 12.2. The molecule has 4 N–H and O–H groups in total. The number of amides is 1. The number of hydrogen-bond donors (Lipinski definition) is 3. The van der Waals surface area contributed by atoms with Crippen LogP contribution in [-0.2, 0) is 26.0 Å². The number of alkyl halides is 1. The fraction of sp³-hybridized carbons (Fsp3) is 0.364. The monoisotopic (exact) mass is 481 g/mol. The molecular formula is C22H28FN3O6S. The van der Waals surface area contributed by atoms with E-state index in [1.165, 1.54) is 23.1 Å². The highest BCUT2D eigenvalue weighted by Crippen LogP contribution is 2.25. The number of para-hydroxylation sites is 1. The van der Waals surface area contributed by atoms with E-state index in [4.69, 9.17) is 10.8 Å². The number of carbonyl (C=O) groups excluding carboxylic acids is 1. The molecule has 11 heteroatoms. The van der Waals surface area contributed by atoms with Crippen molar-refractivity contribution in [2.75, 3.05) is 23.4 Å². The number of carboxylic acid groups (broad SMARTS) is 1. The number of benzene rings is 2. The van der Waals surface area contributed by atoms with Gasteiger partial charge in [-0.3, -0.25) is 4.79 Å². The third-order valence-electron chi connectivity index (χ3n) is 4.66. The van der Waals surface area contributed by atoms with Crippen LogP contribution in [-0.4, -0.2) is 50.6 Å². The van der Waals surface area contributed by atoms with Gasteiger partial charge >= 0.3 is 12.3 Å². The molecule has 0 spiro atoms. The van der Waals surface area contributed by atoms with Crippen molar-refractivity contribution in [2.45, 2.75) is 38.6 Å². The van der Waals surface area contributed by atoms with Crippen LogP contribution in [0.1, 0.15) is 25.3 Å². The number of aliphatic carboxylic acids is 1. The fourth-order valence-electron chi connectivity index (χ4n) is 3.15. The summed E-state index contributed by atoms with van der Waals surface area (Å²) < 4.78 is 44.4. The molecule has 0 bridgehead atoms. The number of sulfonamides is 1. The Morgan fingerprint density at radius 2 is 1.88 bits per heavy atom. The second kappa shape index (κ2) is 11.6. The number of nitrogens with one attached hydrogen (secondary N) is 1. The molecule has 0 aliphatic rings. The van der Waals surface area contributed by atoms with E-state index in [1.54, 1.807) is 24.3 Å². The van der Waals surface area contributed by atoms with Crippen LogP contribution in [0.5, 0.6) is 5.75 Å². The SMILES string of the molecule is CCCCN(C(=O)C(Cc1ccc(OC(F)C(=O)O)c(N)c1)NS(C)(=O)=O)c1ccccc1. The van der Waals surface area contributed by atoms with Crippen molar-refractivity contribution in [1.29, 1.82) is 0 Å². The van der Waals surface area contributed by atoms with Crippen LogP contribution in [0.2, 0.25) is 0 Å². The van der Waals surface area contributed by atoms with Crippen LogP contribution in [0.15, 0.2) is 48.5 Å². The molecular weight excluding hydrogens is 453 g/mol. The van der Waals surface area contributed by atoms with Gasteiger partial charge in [-0.1, -0.05) is 37.6 Å². The lowest BCUT2D eigenvalue weighted by atomic mass is 10.0. The summed E-state index contributed by atoms with van der Waals surface area (Å²) in [5.74, 6) is -2.41. The maximum Gasteiger partial charge on any atom is 0.378 e. The smallest absolute Gasteiger partial charge is 0.378 e. The first kappa shape index (κ1) is 26.1. The topological polar surface area (TPSA) is 139 Å². The van der Waals surface area contributed by atoms with Crippen molar-refractivity contribution in [3.63, 3.8) is 0 Å². The average molecular weight is 482 g/mol. The Balaban J connectivity index is 2.32. The molecule has 0 saturated heterocycles. The Hall–Kier alpha value is -3.18. The summed E-state index contributed by atoms with van der Waals surface area (Å²) in [7, 11) is -3.74. The van der Waals surface area contributed by atoms with Gasteiger partial charge in [0.2, 0.25) is 15.9 Å². The van der Waals surface area contributed by atoms with E-state index in [-0.39, 0.29) is 17.9 Å². The number of nitrogens with two attached hydrogens (primary N) is 1. The molecule has 2 aromatic rings. The summed E-state index contributed by atoms with van der Waals surface area (Å²) in [6.45, 7) is 2.39. The molecule has 1 amide bonds. The van der Waals surface area contributed by atoms with E-state index in [9.17, 15) is 22.4 Å². The zero-order chi connectivity index (χ0) is 24.6. The van der Waals surface area contributed by atoms with Crippen molar-refractivity contribution in [3.05, 3.63) is 54.1 Å². The lowest BCUT2D eigenvalue weighted by Gasteiger charge is -2.28. The molecule has 9 nitrogen and oxygen atoms in total. The Kier molecular flexibility index (Phi) is 9.18. The Morgan fingerprint density at radius 1 is 1.21 bits per heavy atom. The largest absolute Gasteiger partial charge is 0.476 e. The number of nitrogen functional groups attached to an aromatic ring is 1. The summed E-state index contributed by atoms with van der Waals surface area (Å²) in [5, 5.41) is 8.64. The molecule has 0 fully saturated rings. The standard InChI is InChI=1S/C22H28FN3O6S/c1-3-4-12-26(16-8-6-5-7-9-16)21(27)18(25-33(2,30)31)14-15-10-11-19(17(24)13-15)32-20(23)22(28)29/h5-11,13,18,20,25H,3-4,12,14,24H2,1-2H3,(H,28,29). The van der Waals surface area contributed by atoms with Crippen molar-refractivity contribution in [3.8, 4) is 5.75 Å². The van der Waals surface area contributed by atoms with Gasteiger partial charge in [0.15, 0.2) is 0 Å². The highest BCUT2D eigenvalue weighted by atomic mass is 32.2. The molecule has 180 valence electrons. The van der Waals surface area contributed by atoms with E-state index in [2.05, 4.69) is 9.46 Å². The zero-order valence-corrected chi connectivity index (χ0v) is 19.2. The van der Waals surface area contributed by atoms with E-state index in [0.717, 1.165) is 19.1 Å². The van der Waals surface area contributed by atoms with Gasteiger partial charge in [0.05, 0.1) is 11.9 Å². The summed E-state index contributed by atoms with van der Waals surface area (Å²) in [6.07, 6.45) is -0.101. The molecule has 0 heterocycles. The van der Waals surface area contributed by atoms with Gasteiger partial charge in [-0.15, -0.1) is 0 Å². The highest BCUT2D eigenvalue weighted by Gasteiger charge is 2.28. The fourth-order valence-corrected chi connectivity index (χ4v) is 3.85. The lowest BCUT2D eigenvalue weighted by Crippen LogP contribution is -2.50. The Labute approximate surface area is 192 Å². The first-order valence-electron chi connectivity index (χ1n) is 10.3. The zero-order valence-electron chi connectivity index (χ0n) is 18.4.